The van der Waals surface area contributed by atoms with Crippen LogP contribution in [-0.4, -0.2) is 40.8 Å². The highest BCUT2D eigenvalue weighted by Gasteiger charge is 2.10. The van der Waals surface area contributed by atoms with Crippen LogP contribution < -0.4 is 9.47 Å². The molecule has 1 amide bonds. The minimum atomic E-state index is 0.0977. The Bertz CT molecular complexity index is 654. The van der Waals surface area contributed by atoms with Crippen molar-refractivity contribution in [2.45, 2.75) is 26.3 Å². The number of benzene rings is 1. The van der Waals surface area contributed by atoms with Crippen molar-refractivity contribution in [3.8, 4) is 11.5 Å². The van der Waals surface area contributed by atoms with Crippen molar-refractivity contribution >= 4 is 5.91 Å². The summed E-state index contributed by atoms with van der Waals surface area (Å²) in [5, 5.41) is 4.11. The Kier molecular flexibility index (Phi) is 6.66. The molecule has 0 aliphatic carbocycles. The van der Waals surface area contributed by atoms with E-state index in [9.17, 15) is 4.79 Å². The second kappa shape index (κ2) is 8.96. The van der Waals surface area contributed by atoms with Crippen LogP contribution in [0.15, 0.2) is 36.7 Å². The van der Waals surface area contributed by atoms with E-state index in [2.05, 4.69) is 5.10 Å². The summed E-state index contributed by atoms with van der Waals surface area (Å²) in [6, 6.07) is 7.58. The summed E-state index contributed by atoms with van der Waals surface area (Å²) in [4.78, 5) is 13.9. The standard InChI is InChI=1S/C18H25N3O3/c1-4-23-16-8-5-6-9-17(16)24-11-7-10-18(22)20(2)13-15-12-19-21(3)14-15/h5-6,8-9,12,14H,4,7,10-11,13H2,1-3H3. The number of hydrogen-bond donors (Lipinski definition) is 0. The number of para-hydroxylation sites is 2. The summed E-state index contributed by atoms with van der Waals surface area (Å²) in [5.41, 5.74) is 1.02. The molecule has 0 unspecified atom stereocenters. The highest BCUT2D eigenvalue weighted by molar-refractivity contribution is 5.75. The number of aromatic nitrogens is 2. The van der Waals surface area contributed by atoms with Gasteiger partial charge in [0, 0.05) is 38.8 Å². The number of ether oxygens (including phenoxy) is 2. The molecule has 24 heavy (non-hydrogen) atoms. The van der Waals surface area contributed by atoms with Gasteiger partial charge in [-0.2, -0.15) is 5.10 Å². The lowest BCUT2D eigenvalue weighted by atomic mass is 10.2. The summed E-state index contributed by atoms with van der Waals surface area (Å²) in [7, 11) is 3.67. The van der Waals surface area contributed by atoms with Gasteiger partial charge in [-0.25, -0.2) is 0 Å². The van der Waals surface area contributed by atoms with Crippen LogP contribution in [0, 0.1) is 0 Å². The molecule has 0 atom stereocenters. The topological polar surface area (TPSA) is 56.6 Å². The molecule has 0 radical (unpaired) electrons. The van der Waals surface area contributed by atoms with Crippen molar-refractivity contribution in [1.82, 2.24) is 14.7 Å². The highest BCUT2D eigenvalue weighted by atomic mass is 16.5. The molecular weight excluding hydrogens is 306 g/mol. The molecule has 0 aliphatic heterocycles. The third kappa shape index (κ3) is 5.30. The molecule has 0 bridgehead atoms. The van der Waals surface area contributed by atoms with Gasteiger partial charge in [0.05, 0.1) is 19.4 Å². The van der Waals surface area contributed by atoms with Gasteiger partial charge in [0.15, 0.2) is 11.5 Å². The average Bonchev–Trinajstić information content (AvgIpc) is 2.98. The predicted octanol–water partition coefficient (Wildman–Crippen LogP) is 2.64. The largest absolute Gasteiger partial charge is 0.490 e. The lowest BCUT2D eigenvalue weighted by Gasteiger charge is -2.16. The van der Waals surface area contributed by atoms with Crippen LogP contribution in [0.1, 0.15) is 25.3 Å². The lowest BCUT2D eigenvalue weighted by molar-refractivity contribution is -0.130. The van der Waals surface area contributed by atoms with Gasteiger partial charge in [-0.05, 0) is 25.5 Å². The maximum atomic E-state index is 12.2. The van der Waals surface area contributed by atoms with Gasteiger partial charge in [-0.3, -0.25) is 9.48 Å². The van der Waals surface area contributed by atoms with Gasteiger partial charge in [-0.15, -0.1) is 0 Å². The first-order valence-electron chi connectivity index (χ1n) is 8.16. The van der Waals surface area contributed by atoms with Crippen molar-refractivity contribution in [2.24, 2.45) is 7.05 Å². The fourth-order valence-electron chi connectivity index (χ4n) is 2.36. The Morgan fingerprint density at radius 2 is 1.96 bits per heavy atom. The number of rotatable bonds is 9. The van der Waals surface area contributed by atoms with E-state index in [1.807, 2.05) is 44.4 Å². The number of carbonyl (C=O) groups is 1. The molecule has 1 aromatic carbocycles. The fraction of sp³-hybridized carbons (Fsp3) is 0.444. The number of nitrogens with zero attached hydrogens (tertiary/aromatic N) is 3. The highest BCUT2D eigenvalue weighted by Crippen LogP contribution is 2.26. The van der Waals surface area contributed by atoms with Gasteiger partial charge in [0.2, 0.25) is 5.91 Å². The molecule has 0 N–H and O–H groups in total. The quantitative estimate of drug-likeness (QED) is 0.663. The van der Waals surface area contributed by atoms with E-state index in [1.165, 1.54) is 0 Å². The molecule has 1 heterocycles. The first-order chi connectivity index (χ1) is 11.6. The molecule has 2 rings (SSSR count). The van der Waals surface area contributed by atoms with E-state index in [1.54, 1.807) is 22.8 Å². The summed E-state index contributed by atoms with van der Waals surface area (Å²) in [6.07, 6.45) is 4.80. The third-order valence-corrected chi connectivity index (χ3v) is 3.55. The van der Waals surface area contributed by atoms with Crippen molar-refractivity contribution in [3.05, 3.63) is 42.2 Å². The maximum Gasteiger partial charge on any atom is 0.222 e. The zero-order chi connectivity index (χ0) is 17.4. The summed E-state index contributed by atoms with van der Waals surface area (Å²) in [6.45, 7) is 3.59. The molecule has 0 aliphatic rings. The lowest BCUT2D eigenvalue weighted by Crippen LogP contribution is -2.26. The van der Waals surface area contributed by atoms with Crippen LogP contribution >= 0.6 is 0 Å². The molecule has 130 valence electrons. The van der Waals surface area contributed by atoms with Gasteiger partial charge < -0.3 is 14.4 Å². The molecule has 1 aromatic heterocycles. The summed E-state index contributed by atoms with van der Waals surface area (Å²) in [5.74, 6) is 1.55. The van der Waals surface area contributed by atoms with Crippen LogP contribution in [0.2, 0.25) is 0 Å². The average molecular weight is 331 g/mol. The van der Waals surface area contributed by atoms with Crippen LogP contribution in [0.25, 0.3) is 0 Å². The first-order valence-corrected chi connectivity index (χ1v) is 8.16. The van der Waals surface area contributed by atoms with E-state index in [4.69, 9.17) is 9.47 Å². The zero-order valence-electron chi connectivity index (χ0n) is 14.6. The predicted molar refractivity (Wildman–Crippen MR) is 92.0 cm³/mol. The molecule has 0 fully saturated rings. The second-order valence-corrected chi connectivity index (χ2v) is 5.60. The maximum absolute atomic E-state index is 12.2. The number of hydrogen-bond acceptors (Lipinski definition) is 4. The van der Waals surface area contributed by atoms with Crippen LogP contribution in [0.5, 0.6) is 11.5 Å². The summed E-state index contributed by atoms with van der Waals surface area (Å²) >= 11 is 0. The SMILES string of the molecule is CCOc1ccccc1OCCCC(=O)N(C)Cc1cnn(C)c1. The third-order valence-electron chi connectivity index (χ3n) is 3.55. The minimum Gasteiger partial charge on any atom is -0.490 e. The molecule has 6 heteroatoms. The van der Waals surface area contributed by atoms with E-state index in [0.717, 1.165) is 17.1 Å². The van der Waals surface area contributed by atoms with Gasteiger partial charge in [-0.1, -0.05) is 12.1 Å². The van der Waals surface area contributed by atoms with Crippen LogP contribution in [0.3, 0.4) is 0 Å². The normalized spacial score (nSPS) is 10.5. The zero-order valence-corrected chi connectivity index (χ0v) is 14.6. The minimum absolute atomic E-state index is 0.0977. The van der Waals surface area contributed by atoms with Crippen LogP contribution in [0.4, 0.5) is 0 Å². The number of aryl methyl sites for hydroxylation is 1. The van der Waals surface area contributed by atoms with Crippen molar-refractivity contribution in [3.63, 3.8) is 0 Å². The van der Waals surface area contributed by atoms with Crippen molar-refractivity contribution < 1.29 is 14.3 Å². The van der Waals surface area contributed by atoms with Crippen molar-refractivity contribution in [2.75, 3.05) is 20.3 Å². The van der Waals surface area contributed by atoms with Crippen LogP contribution in [-0.2, 0) is 18.4 Å². The molecule has 0 saturated carbocycles. The Morgan fingerprint density at radius 1 is 1.25 bits per heavy atom. The summed E-state index contributed by atoms with van der Waals surface area (Å²) < 4.78 is 13.0. The van der Waals surface area contributed by atoms with E-state index >= 15 is 0 Å². The number of amides is 1. The molecular formula is C18H25N3O3. The second-order valence-electron chi connectivity index (χ2n) is 5.60. The molecule has 6 nitrogen and oxygen atoms in total. The van der Waals surface area contributed by atoms with Gasteiger partial charge in [0.25, 0.3) is 0 Å². The molecule has 0 spiro atoms. The van der Waals surface area contributed by atoms with Crippen molar-refractivity contribution in [1.29, 1.82) is 0 Å². The Hall–Kier alpha value is -2.50. The fourth-order valence-corrected chi connectivity index (χ4v) is 2.36. The first kappa shape index (κ1) is 17.8. The van der Waals surface area contributed by atoms with E-state index in [-0.39, 0.29) is 5.91 Å². The van der Waals surface area contributed by atoms with E-state index in [0.29, 0.717) is 32.6 Å². The Labute approximate surface area is 143 Å². The Balaban J connectivity index is 1.72. The molecule has 0 saturated heterocycles. The van der Waals surface area contributed by atoms with E-state index < -0.39 is 0 Å². The monoisotopic (exact) mass is 331 g/mol. The van der Waals surface area contributed by atoms with Gasteiger partial charge >= 0.3 is 0 Å². The smallest absolute Gasteiger partial charge is 0.222 e. The number of carbonyl (C=O) groups excluding carboxylic acids is 1. The molecule has 2 aromatic rings. The van der Waals surface area contributed by atoms with Gasteiger partial charge in [0.1, 0.15) is 0 Å². The Morgan fingerprint density at radius 3 is 2.58 bits per heavy atom.